The monoisotopic (exact) mass is 366 g/mol. The number of carboxylic acids is 1. The summed E-state index contributed by atoms with van der Waals surface area (Å²) >= 11 is 3.34. The molecule has 0 bridgehead atoms. The zero-order chi connectivity index (χ0) is 15.7. The van der Waals surface area contributed by atoms with Gasteiger partial charge in [0.15, 0.2) is 15.1 Å². The van der Waals surface area contributed by atoms with Crippen LogP contribution in [0.3, 0.4) is 0 Å². The van der Waals surface area contributed by atoms with E-state index in [-0.39, 0.29) is 5.75 Å². The average molecular weight is 367 g/mol. The summed E-state index contributed by atoms with van der Waals surface area (Å²) < 4.78 is 26.8. The van der Waals surface area contributed by atoms with Gasteiger partial charge < -0.3 is 5.11 Å². The second-order valence-corrected chi connectivity index (χ2v) is 7.91. The molecule has 1 rings (SSSR count). The maximum Gasteiger partial charge on any atom is 0.322 e. The number of rotatable bonds is 6. The summed E-state index contributed by atoms with van der Waals surface area (Å²) in [6.07, 6.45) is 0.668. The number of carbonyl (C=O) groups is 1. The maximum absolute atomic E-state index is 12.3. The van der Waals surface area contributed by atoms with Gasteiger partial charge in [0, 0.05) is 7.05 Å². The van der Waals surface area contributed by atoms with E-state index < -0.39 is 27.0 Å². The summed E-state index contributed by atoms with van der Waals surface area (Å²) in [5.74, 6) is -2.14. The molecule has 1 atom stereocenters. The Labute approximate surface area is 127 Å². The van der Waals surface area contributed by atoms with Crippen LogP contribution in [-0.2, 0) is 33.9 Å². The Morgan fingerprint density at radius 3 is 2.35 bits per heavy atom. The Kier molecular flexibility index (Phi) is 5.37. The lowest BCUT2D eigenvalue weighted by Crippen LogP contribution is -2.36. The van der Waals surface area contributed by atoms with Crippen LogP contribution in [0.4, 0.5) is 0 Å². The average Bonchev–Trinajstić information content (AvgIpc) is 2.54. The molecule has 20 heavy (non-hydrogen) atoms. The molecule has 1 aromatic heterocycles. The third-order valence-electron chi connectivity index (χ3n) is 3.08. The molecule has 0 amide bonds. The Bertz CT molecular complexity index is 607. The Morgan fingerprint density at radius 1 is 1.45 bits per heavy atom. The van der Waals surface area contributed by atoms with Gasteiger partial charge in [-0.3, -0.25) is 9.48 Å². The van der Waals surface area contributed by atoms with E-state index in [1.807, 2.05) is 6.92 Å². The summed E-state index contributed by atoms with van der Waals surface area (Å²) in [6, 6.07) is 0. The molecule has 1 N–H and O–H groups in total. The van der Waals surface area contributed by atoms with Crippen molar-refractivity contribution in [3.8, 4) is 0 Å². The summed E-state index contributed by atoms with van der Waals surface area (Å²) in [6.45, 7) is 5.09. The highest BCUT2D eigenvalue weighted by Gasteiger charge is 2.36. The molecule has 0 saturated carbocycles. The van der Waals surface area contributed by atoms with Gasteiger partial charge in [-0.1, -0.05) is 20.8 Å². The lowest BCUT2D eigenvalue weighted by molar-refractivity contribution is -0.137. The fraction of sp³-hybridized carbons (Fsp3) is 0.667. The van der Waals surface area contributed by atoms with Gasteiger partial charge in [-0.2, -0.15) is 5.10 Å². The number of hydrogen-bond acceptors (Lipinski definition) is 4. The number of nitrogens with zero attached hydrogens (tertiary/aromatic N) is 2. The topological polar surface area (TPSA) is 89.3 Å². The molecule has 0 fully saturated rings. The molecule has 0 radical (unpaired) electrons. The van der Waals surface area contributed by atoms with Gasteiger partial charge in [0.05, 0.1) is 21.6 Å². The van der Waals surface area contributed by atoms with Gasteiger partial charge in [-0.05, 0) is 28.3 Å². The summed E-state index contributed by atoms with van der Waals surface area (Å²) in [4.78, 5) is 11.2. The predicted octanol–water partition coefficient (Wildman–Crippen LogP) is 1.77. The molecule has 114 valence electrons. The summed E-state index contributed by atoms with van der Waals surface area (Å²) in [5.41, 5.74) is 1.24. The van der Waals surface area contributed by atoms with E-state index in [1.165, 1.54) is 4.68 Å². The minimum Gasteiger partial charge on any atom is -0.480 e. The molecule has 6 nitrogen and oxygen atoms in total. The van der Waals surface area contributed by atoms with Gasteiger partial charge in [-0.15, -0.1) is 0 Å². The molecule has 0 saturated heterocycles. The van der Waals surface area contributed by atoms with Crippen LogP contribution in [-0.4, -0.2) is 34.5 Å². The number of aliphatic carboxylic acids is 1. The third-order valence-corrected chi connectivity index (χ3v) is 6.19. The standard InChI is InChI=1S/C12H19BrN2O4S/c1-5-8-10(13)9(15(4)14-8)6-20(18,19)11(7(2)3)12(16)17/h7,11H,5-6H2,1-4H3,(H,16,17). The smallest absolute Gasteiger partial charge is 0.322 e. The van der Waals surface area contributed by atoms with Crippen molar-refractivity contribution in [2.75, 3.05) is 0 Å². The number of sulfone groups is 1. The van der Waals surface area contributed by atoms with E-state index in [2.05, 4.69) is 21.0 Å². The summed E-state index contributed by atoms with van der Waals surface area (Å²) in [5, 5.41) is 11.9. The van der Waals surface area contributed by atoms with E-state index in [9.17, 15) is 13.2 Å². The third kappa shape index (κ3) is 3.41. The van der Waals surface area contributed by atoms with Crippen molar-refractivity contribution in [1.82, 2.24) is 9.78 Å². The quantitative estimate of drug-likeness (QED) is 0.828. The number of hydrogen-bond donors (Lipinski definition) is 1. The first kappa shape index (κ1) is 17.2. The van der Waals surface area contributed by atoms with Crippen molar-refractivity contribution in [2.24, 2.45) is 13.0 Å². The van der Waals surface area contributed by atoms with Crippen LogP contribution >= 0.6 is 15.9 Å². The first-order chi connectivity index (χ1) is 9.11. The van der Waals surface area contributed by atoms with Crippen molar-refractivity contribution in [1.29, 1.82) is 0 Å². The van der Waals surface area contributed by atoms with Crippen molar-refractivity contribution < 1.29 is 18.3 Å². The van der Waals surface area contributed by atoms with Crippen molar-refractivity contribution in [2.45, 2.75) is 38.2 Å². The minimum atomic E-state index is -3.80. The molecule has 0 spiro atoms. The molecule has 1 aromatic rings. The van der Waals surface area contributed by atoms with Crippen LogP contribution < -0.4 is 0 Å². The zero-order valence-electron chi connectivity index (χ0n) is 11.9. The molecule has 0 aliphatic carbocycles. The second kappa shape index (κ2) is 6.26. The highest BCUT2D eigenvalue weighted by molar-refractivity contribution is 9.10. The number of carboxylic acid groups (broad SMARTS) is 1. The second-order valence-electron chi connectivity index (χ2n) is 4.99. The van der Waals surface area contributed by atoms with Crippen LogP contribution in [0.15, 0.2) is 4.47 Å². The molecule has 0 aliphatic rings. The van der Waals surface area contributed by atoms with Crippen molar-refractivity contribution in [3.05, 3.63) is 15.9 Å². The van der Waals surface area contributed by atoms with E-state index >= 15 is 0 Å². The fourth-order valence-corrected chi connectivity index (χ4v) is 5.08. The SMILES string of the molecule is CCc1nn(C)c(CS(=O)(=O)C(C(=O)O)C(C)C)c1Br. The van der Waals surface area contributed by atoms with Gasteiger partial charge in [-0.25, -0.2) is 8.42 Å². The molecule has 1 unspecified atom stereocenters. The van der Waals surface area contributed by atoms with Crippen molar-refractivity contribution >= 4 is 31.7 Å². The van der Waals surface area contributed by atoms with E-state index in [4.69, 9.17) is 5.11 Å². The number of halogens is 1. The lowest BCUT2D eigenvalue weighted by atomic mass is 10.1. The van der Waals surface area contributed by atoms with Gasteiger partial charge in [0.1, 0.15) is 0 Å². The van der Waals surface area contributed by atoms with Gasteiger partial charge in [0.2, 0.25) is 0 Å². The molecular weight excluding hydrogens is 348 g/mol. The van der Waals surface area contributed by atoms with E-state index in [0.717, 1.165) is 5.69 Å². The van der Waals surface area contributed by atoms with Crippen molar-refractivity contribution in [3.63, 3.8) is 0 Å². The first-order valence-corrected chi connectivity index (χ1v) is 8.77. The number of aryl methyl sites for hydroxylation is 2. The largest absolute Gasteiger partial charge is 0.480 e. The maximum atomic E-state index is 12.3. The highest BCUT2D eigenvalue weighted by Crippen LogP contribution is 2.26. The highest BCUT2D eigenvalue weighted by atomic mass is 79.9. The minimum absolute atomic E-state index is 0.341. The molecule has 8 heteroatoms. The van der Waals surface area contributed by atoms with Crippen LogP contribution in [0.25, 0.3) is 0 Å². The molecular formula is C12H19BrN2O4S. The Hall–Kier alpha value is -0.890. The summed E-state index contributed by atoms with van der Waals surface area (Å²) in [7, 11) is -2.15. The first-order valence-electron chi connectivity index (χ1n) is 6.26. The van der Waals surface area contributed by atoms with E-state index in [1.54, 1.807) is 20.9 Å². The molecule has 1 heterocycles. The van der Waals surface area contributed by atoms with E-state index in [0.29, 0.717) is 16.6 Å². The predicted molar refractivity (Wildman–Crippen MR) is 79.2 cm³/mol. The van der Waals surface area contributed by atoms with Gasteiger partial charge >= 0.3 is 5.97 Å². The van der Waals surface area contributed by atoms with Gasteiger partial charge in [0.25, 0.3) is 0 Å². The van der Waals surface area contributed by atoms with Crippen LogP contribution in [0.2, 0.25) is 0 Å². The molecule has 0 aliphatic heterocycles. The normalized spacial score (nSPS) is 13.7. The lowest BCUT2D eigenvalue weighted by Gasteiger charge is -2.17. The number of aromatic nitrogens is 2. The van der Waals surface area contributed by atoms with Crippen LogP contribution in [0, 0.1) is 5.92 Å². The zero-order valence-corrected chi connectivity index (χ0v) is 14.3. The van der Waals surface area contributed by atoms with Crippen LogP contribution in [0.5, 0.6) is 0 Å². The molecule has 0 aromatic carbocycles. The Morgan fingerprint density at radius 2 is 2.00 bits per heavy atom. The Balaban J connectivity index is 3.20. The van der Waals surface area contributed by atoms with Crippen LogP contribution in [0.1, 0.15) is 32.2 Å². The fourth-order valence-electron chi connectivity index (χ4n) is 2.11.